The summed E-state index contributed by atoms with van der Waals surface area (Å²) in [5.74, 6) is 1.14. The van der Waals surface area contributed by atoms with E-state index in [0.29, 0.717) is 24.8 Å². The number of hydrogen-bond donors (Lipinski definition) is 2. The van der Waals surface area contributed by atoms with Crippen molar-refractivity contribution in [3.8, 4) is 0 Å². The van der Waals surface area contributed by atoms with Crippen LogP contribution in [0.1, 0.15) is 38.7 Å². The van der Waals surface area contributed by atoms with E-state index in [0.717, 1.165) is 24.1 Å². The van der Waals surface area contributed by atoms with Gasteiger partial charge in [0.05, 0.1) is 11.9 Å². The summed E-state index contributed by atoms with van der Waals surface area (Å²) in [5.41, 5.74) is 7.42. The van der Waals surface area contributed by atoms with Gasteiger partial charge >= 0.3 is 0 Å². The Labute approximate surface area is 115 Å². The average Bonchev–Trinajstić information content (AvgIpc) is 2.34. The van der Waals surface area contributed by atoms with Crippen molar-refractivity contribution in [1.29, 1.82) is 0 Å². The van der Waals surface area contributed by atoms with Crippen LogP contribution in [-0.2, 0) is 4.79 Å². The van der Waals surface area contributed by atoms with Gasteiger partial charge in [0.25, 0.3) is 0 Å². The highest BCUT2D eigenvalue weighted by molar-refractivity contribution is 5.90. The third-order valence-corrected chi connectivity index (χ3v) is 3.38. The summed E-state index contributed by atoms with van der Waals surface area (Å²) in [5, 5.41) is 2.89. The number of rotatable bonds is 7. The zero-order chi connectivity index (χ0) is 14.3. The van der Waals surface area contributed by atoms with Gasteiger partial charge in [0.1, 0.15) is 0 Å². The standard InChI is InChI=1S/C15H25N3O/c1-11(2)13(6-7-16)4-5-15(19)18-14-8-12(3)9-17-10-14/h8-11,13H,4-7,16H2,1-3H3,(H,18,19). The molecule has 4 heteroatoms. The molecule has 1 unspecified atom stereocenters. The molecule has 106 valence electrons. The first kappa shape index (κ1) is 15.6. The Morgan fingerprint density at radius 3 is 2.68 bits per heavy atom. The molecule has 0 radical (unpaired) electrons. The van der Waals surface area contributed by atoms with E-state index in [9.17, 15) is 4.79 Å². The largest absolute Gasteiger partial charge is 0.330 e. The summed E-state index contributed by atoms with van der Waals surface area (Å²) in [6, 6.07) is 1.92. The molecule has 0 aromatic carbocycles. The lowest BCUT2D eigenvalue weighted by Crippen LogP contribution is -2.18. The third kappa shape index (κ3) is 5.83. The molecular weight excluding hydrogens is 238 g/mol. The Bertz CT molecular complexity index is 404. The van der Waals surface area contributed by atoms with Gasteiger partial charge in [0.15, 0.2) is 0 Å². The van der Waals surface area contributed by atoms with Crippen molar-refractivity contribution in [1.82, 2.24) is 4.98 Å². The molecule has 19 heavy (non-hydrogen) atoms. The highest BCUT2D eigenvalue weighted by atomic mass is 16.1. The molecule has 1 atom stereocenters. The van der Waals surface area contributed by atoms with Crippen molar-refractivity contribution in [2.45, 2.75) is 40.0 Å². The van der Waals surface area contributed by atoms with Crippen molar-refractivity contribution in [2.75, 3.05) is 11.9 Å². The maximum Gasteiger partial charge on any atom is 0.224 e. The van der Waals surface area contributed by atoms with Crippen LogP contribution in [-0.4, -0.2) is 17.4 Å². The van der Waals surface area contributed by atoms with E-state index in [2.05, 4.69) is 24.1 Å². The summed E-state index contributed by atoms with van der Waals surface area (Å²) in [4.78, 5) is 15.9. The first-order chi connectivity index (χ1) is 9.02. The molecule has 1 rings (SSSR count). The fraction of sp³-hybridized carbons (Fsp3) is 0.600. The Balaban J connectivity index is 2.42. The van der Waals surface area contributed by atoms with E-state index in [4.69, 9.17) is 5.73 Å². The van der Waals surface area contributed by atoms with Crippen LogP contribution in [0.3, 0.4) is 0 Å². The van der Waals surface area contributed by atoms with E-state index < -0.39 is 0 Å². The zero-order valence-corrected chi connectivity index (χ0v) is 12.1. The second kappa shape index (κ2) is 7.89. The molecule has 1 aromatic heterocycles. The van der Waals surface area contributed by atoms with Crippen molar-refractivity contribution >= 4 is 11.6 Å². The number of carbonyl (C=O) groups excluding carboxylic acids is 1. The van der Waals surface area contributed by atoms with E-state index >= 15 is 0 Å². The topological polar surface area (TPSA) is 68.0 Å². The predicted molar refractivity (Wildman–Crippen MR) is 78.8 cm³/mol. The summed E-state index contributed by atoms with van der Waals surface area (Å²) in [6.45, 7) is 7.01. The summed E-state index contributed by atoms with van der Waals surface area (Å²) in [7, 11) is 0. The van der Waals surface area contributed by atoms with Gasteiger partial charge in [-0.15, -0.1) is 0 Å². The van der Waals surface area contributed by atoms with Gasteiger partial charge in [-0.25, -0.2) is 0 Å². The minimum Gasteiger partial charge on any atom is -0.330 e. The van der Waals surface area contributed by atoms with Crippen LogP contribution < -0.4 is 11.1 Å². The lowest BCUT2D eigenvalue weighted by atomic mass is 9.88. The van der Waals surface area contributed by atoms with E-state index in [1.165, 1.54) is 0 Å². The number of nitrogens with two attached hydrogens (primary N) is 1. The van der Waals surface area contributed by atoms with Gasteiger partial charge in [-0.3, -0.25) is 9.78 Å². The van der Waals surface area contributed by atoms with Crippen LogP contribution in [0, 0.1) is 18.8 Å². The van der Waals surface area contributed by atoms with Crippen molar-refractivity contribution in [2.24, 2.45) is 17.6 Å². The first-order valence-electron chi connectivity index (χ1n) is 6.94. The number of aryl methyl sites for hydroxylation is 1. The molecule has 0 bridgehead atoms. The lowest BCUT2D eigenvalue weighted by Gasteiger charge is -2.19. The molecule has 1 heterocycles. The Morgan fingerprint density at radius 2 is 2.11 bits per heavy atom. The fourth-order valence-corrected chi connectivity index (χ4v) is 2.19. The first-order valence-corrected chi connectivity index (χ1v) is 6.94. The monoisotopic (exact) mass is 263 g/mol. The molecule has 0 saturated heterocycles. The second-order valence-electron chi connectivity index (χ2n) is 5.42. The van der Waals surface area contributed by atoms with E-state index in [-0.39, 0.29) is 5.91 Å². The van der Waals surface area contributed by atoms with Gasteiger partial charge in [-0.2, -0.15) is 0 Å². The van der Waals surface area contributed by atoms with Crippen LogP contribution in [0.15, 0.2) is 18.5 Å². The Morgan fingerprint density at radius 1 is 1.37 bits per heavy atom. The highest BCUT2D eigenvalue weighted by Crippen LogP contribution is 2.20. The van der Waals surface area contributed by atoms with Crippen LogP contribution in [0.25, 0.3) is 0 Å². The number of nitrogens with zero attached hydrogens (tertiary/aromatic N) is 1. The summed E-state index contributed by atoms with van der Waals surface area (Å²) >= 11 is 0. The Kier molecular flexibility index (Phi) is 6.50. The van der Waals surface area contributed by atoms with Gasteiger partial charge in [-0.05, 0) is 49.8 Å². The number of nitrogens with one attached hydrogen (secondary N) is 1. The molecule has 3 N–H and O–H groups in total. The fourth-order valence-electron chi connectivity index (χ4n) is 2.19. The van der Waals surface area contributed by atoms with E-state index in [1.54, 1.807) is 12.4 Å². The average molecular weight is 263 g/mol. The third-order valence-electron chi connectivity index (χ3n) is 3.38. The number of pyridine rings is 1. The van der Waals surface area contributed by atoms with Gasteiger partial charge in [0.2, 0.25) is 5.91 Å². The lowest BCUT2D eigenvalue weighted by molar-refractivity contribution is -0.116. The molecular formula is C15H25N3O. The predicted octanol–water partition coefficient (Wildman–Crippen LogP) is 2.73. The molecule has 0 spiro atoms. The summed E-state index contributed by atoms with van der Waals surface area (Å²) in [6.07, 6.45) is 5.85. The minimum atomic E-state index is 0.0510. The van der Waals surface area contributed by atoms with Crippen molar-refractivity contribution in [3.63, 3.8) is 0 Å². The number of carbonyl (C=O) groups is 1. The van der Waals surface area contributed by atoms with Crippen LogP contribution in [0.2, 0.25) is 0 Å². The maximum atomic E-state index is 11.9. The number of aromatic nitrogens is 1. The van der Waals surface area contributed by atoms with Gasteiger partial charge in [-0.1, -0.05) is 13.8 Å². The number of hydrogen-bond acceptors (Lipinski definition) is 3. The zero-order valence-electron chi connectivity index (χ0n) is 12.1. The normalized spacial score (nSPS) is 12.5. The minimum absolute atomic E-state index is 0.0510. The van der Waals surface area contributed by atoms with Gasteiger partial charge < -0.3 is 11.1 Å². The molecule has 1 amide bonds. The molecule has 0 aliphatic rings. The van der Waals surface area contributed by atoms with E-state index in [1.807, 2.05) is 13.0 Å². The Hall–Kier alpha value is -1.42. The highest BCUT2D eigenvalue weighted by Gasteiger charge is 2.14. The molecule has 4 nitrogen and oxygen atoms in total. The van der Waals surface area contributed by atoms with Crippen LogP contribution in [0.5, 0.6) is 0 Å². The smallest absolute Gasteiger partial charge is 0.224 e. The molecule has 0 aliphatic heterocycles. The molecule has 1 aromatic rings. The van der Waals surface area contributed by atoms with Crippen LogP contribution in [0.4, 0.5) is 5.69 Å². The van der Waals surface area contributed by atoms with Crippen molar-refractivity contribution in [3.05, 3.63) is 24.0 Å². The van der Waals surface area contributed by atoms with Crippen molar-refractivity contribution < 1.29 is 4.79 Å². The number of amides is 1. The van der Waals surface area contributed by atoms with Crippen LogP contribution >= 0.6 is 0 Å². The quantitative estimate of drug-likeness (QED) is 0.794. The second-order valence-corrected chi connectivity index (χ2v) is 5.42. The molecule has 0 fully saturated rings. The molecule has 0 saturated carbocycles. The number of anilines is 1. The maximum absolute atomic E-state index is 11.9. The summed E-state index contributed by atoms with van der Waals surface area (Å²) < 4.78 is 0. The van der Waals surface area contributed by atoms with Gasteiger partial charge in [0, 0.05) is 12.6 Å². The molecule has 0 aliphatic carbocycles. The SMILES string of the molecule is Cc1cncc(NC(=O)CCC(CCN)C(C)C)c1.